The van der Waals surface area contributed by atoms with Crippen molar-refractivity contribution in [1.82, 2.24) is 13.9 Å². The van der Waals surface area contributed by atoms with Gasteiger partial charge in [-0.2, -0.15) is 4.31 Å². The fourth-order valence-corrected chi connectivity index (χ4v) is 6.04. The van der Waals surface area contributed by atoms with E-state index in [1.54, 1.807) is 12.1 Å². The van der Waals surface area contributed by atoms with Gasteiger partial charge in [0.15, 0.2) is 5.78 Å². The monoisotopic (exact) mass is 419 g/mol. The molecule has 2 aliphatic rings. The number of carbonyl (C=O) groups excluding carboxylic acids is 1. The number of carbonyl (C=O) groups is 1. The van der Waals surface area contributed by atoms with E-state index in [0.717, 1.165) is 29.8 Å². The predicted molar refractivity (Wildman–Crippen MR) is 109 cm³/mol. The SMILES string of the molecule is Cc1cc(C(=O)CSc2ccc(S(=O)(=O)N3CCCC3)cn2)c(C)n1C1CC1. The maximum absolute atomic E-state index is 12.7. The molecule has 0 spiro atoms. The number of hydrogen-bond acceptors (Lipinski definition) is 5. The molecular formula is C20H25N3O3S2. The Hall–Kier alpha value is -1.64. The van der Waals surface area contributed by atoms with Gasteiger partial charge >= 0.3 is 0 Å². The third-order valence-electron chi connectivity index (χ3n) is 5.46. The summed E-state index contributed by atoms with van der Waals surface area (Å²) in [6, 6.07) is 5.82. The van der Waals surface area contributed by atoms with Crippen LogP contribution in [0.3, 0.4) is 0 Å². The molecule has 1 saturated heterocycles. The summed E-state index contributed by atoms with van der Waals surface area (Å²) in [5.74, 6) is 0.376. The summed E-state index contributed by atoms with van der Waals surface area (Å²) in [7, 11) is -3.45. The first-order valence-corrected chi connectivity index (χ1v) is 12.1. The number of rotatable bonds is 7. The van der Waals surface area contributed by atoms with Crippen LogP contribution in [0.15, 0.2) is 34.3 Å². The molecule has 0 radical (unpaired) electrons. The van der Waals surface area contributed by atoms with E-state index in [4.69, 9.17) is 0 Å². The van der Waals surface area contributed by atoms with Gasteiger partial charge in [-0.15, -0.1) is 0 Å². The topological polar surface area (TPSA) is 72.3 Å². The Morgan fingerprint density at radius 1 is 1.21 bits per heavy atom. The molecule has 0 atom stereocenters. The highest BCUT2D eigenvalue weighted by molar-refractivity contribution is 7.99. The highest BCUT2D eigenvalue weighted by Gasteiger charge is 2.29. The summed E-state index contributed by atoms with van der Waals surface area (Å²) in [5, 5.41) is 0.657. The lowest BCUT2D eigenvalue weighted by Crippen LogP contribution is -2.27. The molecule has 150 valence electrons. The van der Waals surface area contributed by atoms with Gasteiger partial charge in [0.2, 0.25) is 10.0 Å². The minimum absolute atomic E-state index is 0.0839. The second-order valence-corrected chi connectivity index (χ2v) is 10.5. The molecule has 2 aromatic rings. The van der Waals surface area contributed by atoms with Crippen molar-refractivity contribution in [3.63, 3.8) is 0 Å². The molecule has 0 unspecified atom stereocenters. The van der Waals surface area contributed by atoms with Gasteiger partial charge in [0, 0.05) is 42.3 Å². The largest absolute Gasteiger partial charge is 0.345 e. The van der Waals surface area contributed by atoms with Crippen LogP contribution in [-0.2, 0) is 10.0 Å². The van der Waals surface area contributed by atoms with Crippen molar-refractivity contribution in [3.8, 4) is 0 Å². The van der Waals surface area contributed by atoms with Crippen molar-refractivity contribution in [2.45, 2.75) is 55.5 Å². The first kappa shape index (κ1) is 19.7. The standard InChI is InChI=1S/C20H25N3O3S2/c1-14-11-18(15(2)23(14)16-5-6-16)19(24)13-27-20-8-7-17(12-21-20)28(25,26)22-9-3-4-10-22/h7-8,11-12,16H,3-6,9-10,13H2,1-2H3. The Morgan fingerprint density at radius 3 is 2.54 bits per heavy atom. The highest BCUT2D eigenvalue weighted by atomic mass is 32.2. The number of nitrogens with zero attached hydrogens (tertiary/aromatic N) is 3. The zero-order valence-electron chi connectivity index (χ0n) is 16.2. The van der Waals surface area contributed by atoms with Crippen molar-refractivity contribution in [1.29, 1.82) is 0 Å². The minimum atomic E-state index is -3.45. The number of ketones is 1. The lowest BCUT2D eigenvalue weighted by atomic mass is 10.2. The Labute approximate surface area is 170 Å². The molecule has 1 aliphatic carbocycles. The van der Waals surface area contributed by atoms with Gasteiger partial charge in [0.25, 0.3) is 0 Å². The van der Waals surface area contributed by atoms with E-state index in [0.29, 0.717) is 29.9 Å². The number of thioether (sulfide) groups is 1. The summed E-state index contributed by atoms with van der Waals surface area (Å²) >= 11 is 1.34. The molecule has 0 bridgehead atoms. The number of aromatic nitrogens is 2. The molecule has 28 heavy (non-hydrogen) atoms. The van der Waals surface area contributed by atoms with Crippen LogP contribution in [0.25, 0.3) is 0 Å². The van der Waals surface area contributed by atoms with E-state index >= 15 is 0 Å². The molecule has 0 N–H and O–H groups in total. The van der Waals surface area contributed by atoms with E-state index in [1.807, 2.05) is 13.0 Å². The molecule has 1 saturated carbocycles. The van der Waals surface area contributed by atoms with Gasteiger partial charge in [-0.3, -0.25) is 4.79 Å². The number of aryl methyl sites for hydroxylation is 1. The number of Topliss-reactive ketones (excluding diaryl/α,β-unsaturated/α-hetero) is 1. The summed E-state index contributed by atoms with van der Waals surface area (Å²) in [6.07, 6.45) is 5.60. The first-order valence-electron chi connectivity index (χ1n) is 9.68. The molecular weight excluding hydrogens is 394 g/mol. The lowest BCUT2D eigenvalue weighted by molar-refractivity contribution is 0.102. The molecule has 1 aliphatic heterocycles. The molecule has 2 aromatic heterocycles. The van der Waals surface area contributed by atoms with E-state index < -0.39 is 10.0 Å². The highest BCUT2D eigenvalue weighted by Crippen LogP contribution is 2.38. The van der Waals surface area contributed by atoms with Crippen molar-refractivity contribution in [2.24, 2.45) is 0 Å². The van der Waals surface area contributed by atoms with Crippen LogP contribution in [-0.4, -0.2) is 46.9 Å². The maximum Gasteiger partial charge on any atom is 0.244 e. The van der Waals surface area contributed by atoms with Crippen LogP contribution < -0.4 is 0 Å². The molecule has 8 heteroatoms. The first-order chi connectivity index (χ1) is 13.4. The maximum atomic E-state index is 12.7. The summed E-state index contributed by atoms with van der Waals surface area (Å²) < 4.78 is 28.9. The normalized spacial score (nSPS) is 17.9. The molecule has 0 aromatic carbocycles. The van der Waals surface area contributed by atoms with Crippen LogP contribution in [0, 0.1) is 13.8 Å². The van der Waals surface area contributed by atoms with Crippen molar-refractivity contribution in [2.75, 3.05) is 18.8 Å². The fraction of sp³-hybridized carbons (Fsp3) is 0.500. The third-order valence-corrected chi connectivity index (χ3v) is 8.29. The second kappa shape index (κ2) is 7.65. The van der Waals surface area contributed by atoms with E-state index in [1.165, 1.54) is 35.1 Å². The van der Waals surface area contributed by atoms with E-state index in [9.17, 15) is 13.2 Å². The quantitative estimate of drug-likeness (QED) is 0.507. The number of hydrogen-bond donors (Lipinski definition) is 0. The van der Waals surface area contributed by atoms with Crippen LogP contribution in [0.5, 0.6) is 0 Å². The summed E-state index contributed by atoms with van der Waals surface area (Å²) in [4.78, 5) is 17.2. The summed E-state index contributed by atoms with van der Waals surface area (Å²) in [5.41, 5.74) is 2.97. The number of sulfonamides is 1. The van der Waals surface area contributed by atoms with E-state index in [-0.39, 0.29) is 10.7 Å². The van der Waals surface area contributed by atoms with Gasteiger partial charge in [-0.1, -0.05) is 11.8 Å². The van der Waals surface area contributed by atoms with Crippen molar-refractivity contribution in [3.05, 3.63) is 41.3 Å². The molecule has 0 amide bonds. The Balaban J connectivity index is 1.41. The minimum Gasteiger partial charge on any atom is -0.345 e. The van der Waals surface area contributed by atoms with Gasteiger partial charge < -0.3 is 4.57 Å². The van der Waals surface area contributed by atoms with E-state index in [2.05, 4.69) is 16.5 Å². The van der Waals surface area contributed by atoms with Crippen LogP contribution in [0.2, 0.25) is 0 Å². The molecule has 2 fully saturated rings. The molecule has 4 rings (SSSR count). The van der Waals surface area contributed by atoms with Crippen molar-refractivity contribution >= 4 is 27.6 Å². The van der Waals surface area contributed by atoms with Gasteiger partial charge in [-0.05, 0) is 57.7 Å². The van der Waals surface area contributed by atoms with Gasteiger partial charge in [0.05, 0.1) is 10.8 Å². The Kier molecular flexibility index (Phi) is 5.37. The molecule has 3 heterocycles. The second-order valence-electron chi connectivity index (χ2n) is 7.54. The predicted octanol–water partition coefficient (Wildman–Crippen LogP) is 3.59. The third kappa shape index (κ3) is 3.77. The Bertz CT molecular complexity index is 986. The van der Waals surface area contributed by atoms with Gasteiger partial charge in [-0.25, -0.2) is 13.4 Å². The lowest BCUT2D eigenvalue weighted by Gasteiger charge is -2.15. The molecule has 6 nitrogen and oxygen atoms in total. The zero-order valence-corrected chi connectivity index (χ0v) is 17.9. The average Bonchev–Trinajstić information content (AvgIpc) is 3.24. The Morgan fingerprint density at radius 2 is 1.93 bits per heavy atom. The average molecular weight is 420 g/mol. The van der Waals surface area contributed by atoms with Crippen molar-refractivity contribution < 1.29 is 13.2 Å². The fourth-order valence-electron chi connectivity index (χ4n) is 3.85. The van der Waals surface area contributed by atoms with Gasteiger partial charge in [0.1, 0.15) is 4.90 Å². The zero-order chi connectivity index (χ0) is 19.9. The summed E-state index contributed by atoms with van der Waals surface area (Å²) in [6.45, 7) is 5.22. The number of pyridine rings is 1. The smallest absolute Gasteiger partial charge is 0.244 e. The van der Waals surface area contributed by atoms with Crippen LogP contribution in [0.1, 0.15) is 53.5 Å². The van der Waals surface area contributed by atoms with Crippen LogP contribution in [0.4, 0.5) is 0 Å². The van der Waals surface area contributed by atoms with Crippen LogP contribution >= 0.6 is 11.8 Å².